The number of fused-ring (bicyclic) bond motifs is 5. The molecule has 0 aromatic rings. The third kappa shape index (κ3) is 2.95. The first kappa shape index (κ1) is 18.9. The van der Waals surface area contributed by atoms with Crippen LogP contribution in [0.5, 0.6) is 0 Å². The molecule has 0 spiro atoms. The van der Waals surface area contributed by atoms with Crippen molar-refractivity contribution < 1.29 is 10.2 Å². The summed E-state index contributed by atoms with van der Waals surface area (Å²) in [6.45, 7) is 7.39. The van der Waals surface area contributed by atoms with E-state index in [1.54, 1.807) is 0 Å². The van der Waals surface area contributed by atoms with Crippen molar-refractivity contribution in [2.24, 2.45) is 58.7 Å². The molecule has 10 atom stereocenters. The maximum absolute atomic E-state index is 10.6. The van der Waals surface area contributed by atoms with E-state index in [0.717, 1.165) is 60.2 Å². The first-order valence-electron chi connectivity index (χ1n) is 12.2. The summed E-state index contributed by atoms with van der Waals surface area (Å²) in [5, 5.41) is 20.6. The molecule has 5 fully saturated rings. The average Bonchev–Trinajstić information content (AvgIpc) is 3.42. The molecule has 5 rings (SSSR count). The molecule has 154 valence electrons. The van der Waals surface area contributed by atoms with Crippen LogP contribution >= 0.6 is 0 Å². The quantitative estimate of drug-likeness (QED) is 0.706. The number of aliphatic hydroxyl groups excluding tert-OH is 1. The SMILES string of the molecule is CC(CO)[C@H]1C[C@@H](C2CC2)[C@H]2[C@@H]3CC[C@@H]4C[C@](C)(O)CCC4[C@H]3CC[C@@]21C. The standard InChI is InChI=1S/C25H42O2/c1-15(14-26)22-12-21(16-4-5-16)23-20-7-6-17-13-24(2,27)10-8-18(17)19(20)9-11-25(22,23)3/h15-23,26-27H,4-14H2,1-3H3/t15?,17-,18?,19-,20-,21+,22-,23-,24-,25-/m1/s1. The lowest BCUT2D eigenvalue weighted by atomic mass is 9.47. The number of hydrogen-bond acceptors (Lipinski definition) is 2. The molecule has 0 bridgehead atoms. The van der Waals surface area contributed by atoms with E-state index in [2.05, 4.69) is 20.8 Å². The Morgan fingerprint density at radius 2 is 1.56 bits per heavy atom. The van der Waals surface area contributed by atoms with Crippen LogP contribution in [0.3, 0.4) is 0 Å². The van der Waals surface area contributed by atoms with Crippen molar-refractivity contribution in [1.82, 2.24) is 0 Å². The third-order valence-corrected chi connectivity index (χ3v) is 10.6. The average molecular weight is 375 g/mol. The fourth-order valence-electron chi connectivity index (χ4n) is 9.32. The van der Waals surface area contributed by atoms with E-state index in [1.165, 1.54) is 51.4 Å². The molecule has 0 heterocycles. The van der Waals surface area contributed by atoms with Crippen molar-refractivity contribution in [3.8, 4) is 0 Å². The smallest absolute Gasteiger partial charge is 0.0622 e. The first-order valence-corrected chi connectivity index (χ1v) is 12.2. The maximum atomic E-state index is 10.6. The first-order chi connectivity index (χ1) is 12.8. The van der Waals surface area contributed by atoms with E-state index >= 15 is 0 Å². The Morgan fingerprint density at radius 1 is 0.852 bits per heavy atom. The van der Waals surface area contributed by atoms with E-state index in [4.69, 9.17) is 0 Å². The minimum absolute atomic E-state index is 0.373. The highest BCUT2D eigenvalue weighted by Crippen LogP contribution is 2.70. The zero-order valence-corrected chi connectivity index (χ0v) is 17.9. The molecule has 0 saturated heterocycles. The van der Waals surface area contributed by atoms with Gasteiger partial charge in [-0.3, -0.25) is 0 Å². The van der Waals surface area contributed by atoms with Gasteiger partial charge in [0.05, 0.1) is 5.60 Å². The van der Waals surface area contributed by atoms with Crippen LogP contribution < -0.4 is 0 Å². The predicted molar refractivity (Wildman–Crippen MR) is 109 cm³/mol. The second-order valence-corrected chi connectivity index (χ2v) is 12.1. The zero-order chi connectivity index (χ0) is 19.0. The number of aliphatic hydroxyl groups is 2. The van der Waals surface area contributed by atoms with Crippen LogP contribution in [-0.4, -0.2) is 22.4 Å². The molecule has 0 aromatic heterocycles. The van der Waals surface area contributed by atoms with Gasteiger partial charge < -0.3 is 10.2 Å². The summed E-state index contributed by atoms with van der Waals surface area (Å²) >= 11 is 0. The summed E-state index contributed by atoms with van der Waals surface area (Å²) in [6.07, 6.45) is 13.3. The lowest BCUT2D eigenvalue weighted by Gasteiger charge is -2.58. The summed E-state index contributed by atoms with van der Waals surface area (Å²) in [6, 6.07) is 0. The molecule has 0 amide bonds. The van der Waals surface area contributed by atoms with Gasteiger partial charge in [-0.25, -0.2) is 0 Å². The van der Waals surface area contributed by atoms with E-state index in [1.807, 2.05) is 0 Å². The van der Waals surface area contributed by atoms with Gasteiger partial charge in [0, 0.05) is 6.61 Å². The Bertz CT molecular complexity index is 567. The summed E-state index contributed by atoms with van der Waals surface area (Å²) in [5.74, 6) is 7.64. The number of hydrogen-bond donors (Lipinski definition) is 2. The van der Waals surface area contributed by atoms with Gasteiger partial charge in [-0.2, -0.15) is 0 Å². The highest BCUT2D eigenvalue weighted by Gasteiger charge is 2.63. The third-order valence-electron chi connectivity index (χ3n) is 10.6. The Kier molecular flexibility index (Phi) is 4.53. The Balaban J connectivity index is 1.43. The van der Waals surface area contributed by atoms with Crippen LogP contribution in [0.15, 0.2) is 0 Å². The molecule has 5 aliphatic rings. The van der Waals surface area contributed by atoms with Crippen LogP contribution in [0, 0.1) is 58.7 Å². The molecule has 5 saturated carbocycles. The Labute approximate surface area is 166 Å². The van der Waals surface area contributed by atoms with Gasteiger partial charge in [0.2, 0.25) is 0 Å². The van der Waals surface area contributed by atoms with Crippen LogP contribution in [0.1, 0.15) is 85.0 Å². The van der Waals surface area contributed by atoms with Gasteiger partial charge >= 0.3 is 0 Å². The van der Waals surface area contributed by atoms with Crippen molar-refractivity contribution in [2.45, 2.75) is 90.6 Å². The molecule has 2 nitrogen and oxygen atoms in total. The highest BCUT2D eigenvalue weighted by atomic mass is 16.3. The summed E-state index contributed by atoms with van der Waals surface area (Å²) < 4.78 is 0. The van der Waals surface area contributed by atoms with Crippen molar-refractivity contribution in [3.05, 3.63) is 0 Å². The van der Waals surface area contributed by atoms with Crippen molar-refractivity contribution in [2.75, 3.05) is 6.61 Å². The molecule has 27 heavy (non-hydrogen) atoms. The molecule has 0 radical (unpaired) electrons. The van der Waals surface area contributed by atoms with Gasteiger partial charge in [-0.1, -0.05) is 13.8 Å². The molecule has 2 N–H and O–H groups in total. The number of rotatable bonds is 3. The topological polar surface area (TPSA) is 40.5 Å². The van der Waals surface area contributed by atoms with E-state index in [-0.39, 0.29) is 0 Å². The van der Waals surface area contributed by atoms with Gasteiger partial charge in [-0.05, 0) is 130 Å². The van der Waals surface area contributed by atoms with E-state index in [9.17, 15) is 10.2 Å². The van der Waals surface area contributed by atoms with Crippen LogP contribution in [0.4, 0.5) is 0 Å². The Morgan fingerprint density at radius 3 is 2.26 bits per heavy atom. The lowest BCUT2D eigenvalue weighted by Crippen LogP contribution is -2.52. The largest absolute Gasteiger partial charge is 0.396 e. The molecular weight excluding hydrogens is 332 g/mol. The predicted octanol–water partition coefficient (Wildman–Crippen LogP) is 5.27. The van der Waals surface area contributed by atoms with Crippen LogP contribution in [0.25, 0.3) is 0 Å². The van der Waals surface area contributed by atoms with E-state index < -0.39 is 5.60 Å². The highest BCUT2D eigenvalue weighted by molar-refractivity contribution is 5.11. The van der Waals surface area contributed by atoms with Gasteiger partial charge in [0.15, 0.2) is 0 Å². The normalized spacial score (nSPS) is 56.1. The van der Waals surface area contributed by atoms with Crippen molar-refractivity contribution in [3.63, 3.8) is 0 Å². The fourth-order valence-corrected chi connectivity index (χ4v) is 9.32. The molecule has 5 aliphatic carbocycles. The monoisotopic (exact) mass is 374 g/mol. The second kappa shape index (κ2) is 6.46. The van der Waals surface area contributed by atoms with Crippen molar-refractivity contribution in [1.29, 1.82) is 0 Å². The maximum Gasteiger partial charge on any atom is 0.0622 e. The van der Waals surface area contributed by atoms with Gasteiger partial charge in [0.25, 0.3) is 0 Å². The molecular formula is C25H42O2. The fraction of sp³-hybridized carbons (Fsp3) is 1.00. The molecule has 0 aromatic carbocycles. The minimum Gasteiger partial charge on any atom is -0.396 e. The molecule has 2 heteroatoms. The van der Waals surface area contributed by atoms with Gasteiger partial charge in [-0.15, -0.1) is 0 Å². The Hall–Kier alpha value is -0.0800. The molecule has 2 unspecified atom stereocenters. The lowest BCUT2D eigenvalue weighted by molar-refractivity contribution is -0.111. The van der Waals surface area contributed by atoms with Crippen LogP contribution in [0.2, 0.25) is 0 Å². The van der Waals surface area contributed by atoms with Crippen molar-refractivity contribution >= 4 is 0 Å². The zero-order valence-electron chi connectivity index (χ0n) is 17.9. The van der Waals surface area contributed by atoms with Crippen LogP contribution in [-0.2, 0) is 0 Å². The molecule has 0 aliphatic heterocycles. The summed E-state index contributed by atoms with van der Waals surface area (Å²) in [4.78, 5) is 0. The van der Waals surface area contributed by atoms with Gasteiger partial charge in [0.1, 0.15) is 0 Å². The summed E-state index contributed by atoms with van der Waals surface area (Å²) in [5.41, 5.74) is 0.0757. The second-order valence-electron chi connectivity index (χ2n) is 12.1. The minimum atomic E-state index is -0.400. The van der Waals surface area contributed by atoms with E-state index in [0.29, 0.717) is 17.9 Å². The summed E-state index contributed by atoms with van der Waals surface area (Å²) in [7, 11) is 0.